The van der Waals surface area contributed by atoms with Crippen molar-refractivity contribution in [2.45, 2.75) is 38.6 Å². The molecule has 2 aromatic rings. The molecule has 12 nitrogen and oxygen atoms in total. The van der Waals surface area contributed by atoms with E-state index in [0.717, 1.165) is 19.2 Å². The maximum Gasteiger partial charge on any atom is 0.511 e. The zero-order valence-electron chi connectivity index (χ0n) is 23.4. The van der Waals surface area contributed by atoms with E-state index >= 15 is 0 Å². The predicted octanol–water partition coefficient (Wildman–Crippen LogP) is 2.39. The summed E-state index contributed by atoms with van der Waals surface area (Å²) in [6.07, 6.45) is -0.726. The quantitative estimate of drug-likeness (QED) is 0.220. The summed E-state index contributed by atoms with van der Waals surface area (Å²) in [6, 6.07) is 2.77. The zero-order valence-corrected chi connectivity index (χ0v) is 24.2. The number of aryl methyl sites for hydroxylation is 1. The second kappa shape index (κ2) is 14.3. The van der Waals surface area contributed by atoms with Crippen LogP contribution >= 0.6 is 12.4 Å². The Morgan fingerprint density at radius 3 is 2.63 bits per heavy atom. The molecule has 1 aromatic heterocycles. The van der Waals surface area contributed by atoms with Crippen molar-refractivity contribution in [3.05, 3.63) is 63.1 Å². The average Bonchev–Trinajstić information content (AvgIpc) is 3.34. The SMILES string of the molecule is C[C@H]1CO[C@@H]2Cn3cc(C(=O)CCc4ccc(F)cc4F)c(=O)c(OCOC(=O)OCCN4CCOCC4)c3C(=O)N12.Cl. The summed E-state index contributed by atoms with van der Waals surface area (Å²) in [5, 5.41) is 0. The summed E-state index contributed by atoms with van der Waals surface area (Å²) in [6.45, 7) is 4.68. The molecule has 0 radical (unpaired) electrons. The molecule has 2 saturated heterocycles. The van der Waals surface area contributed by atoms with Gasteiger partial charge in [-0.15, -0.1) is 12.4 Å². The van der Waals surface area contributed by atoms with Crippen molar-refractivity contribution in [3.8, 4) is 5.75 Å². The molecule has 3 aliphatic heterocycles. The van der Waals surface area contributed by atoms with Gasteiger partial charge in [0, 0.05) is 38.3 Å². The first-order valence-corrected chi connectivity index (χ1v) is 13.6. The smallest absolute Gasteiger partial charge is 0.451 e. The summed E-state index contributed by atoms with van der Waals surface area (Å²) in [5.74, 6) is -3.19. The molecule has 1 aromatic carbocycles. The second-order valence-electron chi connectivity index (χ2n) is 10.2. The van der Waals surface area contributed by atoms with Crippen LogP contribution in [0.1, 0.15) is 39.8 Å². The Hall–Kier alpha value is -3.59. The second-order valence-corrected chi connectivity index (χ2v) is 10.2. The minimum absolute atomic E-state index is 0. The Morgan fingerprint density at radius 2 is 1.88 bits per heavy atom. The van der Waals surface area contributed by atoms with E-state index < -0.39 is 53.7 Å². The van der Waals surface area contributed by atoms with Gasteiger partial charge in [-0.3, -0.25) is 19.3 Å². The molecule has 2 atom stereocenters. The number of ether oxygens (including phenoxy) is 5. The van der Waals surface area contributed by atoms with E-state index in [9.17, 15) is 28.0 Å². The van der Waals surface area contributed by atoms with Gasteiger partial charge in [0.1, 0.15) is 18.2 Å². The van der Waals surface area contributed by atoms with Gasteiger partial charge in [-0.05, 0) is 25.0 Å². The molecule has 0 N–H and O–H groups in total. The number of hydrogen-bond donors (Lipinski definition) is 0. The molecule has 4 heterocycles. The molecular weight excluding hydrogens is 596 g/mol. The topological polar surface area (TPSA) is 126 Å². The van der Waals surface area contributed by atoms with Crippen molar-refractivity contribution in [3.63, 3.8) is 0 Å². The normalized spacial score (nSPS) is 19.7. The fourth-order valence-electron chi connectivity index (χ4n) is 5.16. The van der Waals surface area contributed by atoms with Crippen LogP contribution in [0.3, 0.4) is 0 Å². The van der Waals surface area contributed by atoms with Crippen LogP contribution in [0.25, 0.3) is 0 Å². The first-order valence-electron chi connectivity index (χ1n) is 13.6. The summed E-state index contributed by atoms with van der Waals surface area (Å²) in [7, 11) is 0. The van der Waals surface area contributed by atoms with Gasteiger partial charge in [-0.2, -0.15) is 0 Å². The highest BCUT2D eigenvalue weighted by Crippen LogP contribution is 2.30. The molecule has 3 aliphatic rings. The Labute approximate surface area is 251 Å². The van der Waals surface area contributed by atoms with Crippen molar-refractivity contribution < 1.29 is 46.8 Å². The van der Waals surface area contributed by atoms with Gasteiger partial charge >= 0.3 is 6.16 Å². The van der Waals surface area contributed by atoms with Gasteiger partial charge in [-0.25, -0.2) is 13.6 Å². The summed E-state index contributed by atoms with van der Waals surface area (Å²) in [5.41, 5.74) is -1.18. The number of Topliss-reactive ketones (excluding diaryl/α,β-unsaturated/α-hetero) is 1. The number of fused-ring (bicyclic) bond motifs is 2. The molecular formula is C28H32ClF2N3O9. The van der Waals surface area contributed by atoms with Crippen molar-refractivity contribution in [1.82, 2.24) is 14.4 Å². The molecule has 234 valence electrons. The molecule has 0 spiro atoms. The molecule has 0 saturated carbocycles. The molecule has 0 bridgehead atoms. The van der Waals surface area contributed by atoms with Gasteiger partial charge < -0.3 is 33.2 Å². The summed E-state index contributed by atoms with van der Waals surface area (Å²) >= 11 is 0. The largest absolute Gasteiger partial charge is 0.511 e. The van der Waals surface area contributed by atoms with Crippen LogP contribution in [-0.4, -0.2) is 97.3 Å². The van der Waals surface area contributed by atoms with Gasteiger partial charge in [0.25, 0.3) is 5.91 Å². The third-order valence-electron chi connectivity index (χ3n) is 7.39. The lowest BCUT2D eigenvalue weighted by molar-refractivity contribution is -0.00951. The Morgan fingerprint density at radius 1 is 1.12 bits per heavy atom. The lowest BCUT2D eigenvalue weighted by Gasteiger charge is -2.34. The van der Waals surface area contributed by atoms with E-state index in [0.29, 0.717) is 32.4 Å². The molecule has 2 fully saturated rings. The highest BCUT2D eigenvalue weighted by Gasteiger charge is 2.43. The van der Waals surface area contributed by atoms with E-state index in [1.165, 1.54) is 21.7 Å². The monoisotopic (exact) mass is 627 g/mol. The summed E-state index contributed by atoms with van der Waals surface area (Å²) in [4.78, 5) is 55.7. The third-order valence-corrected chi connectivity index (χ3v) is 7.39. The number of halogens is 3. The average molecular weight is 628 g/mol. The first-order chi connectivity index (χ1) is 20.2. The standard InChI is InChI=1S/C28H31F2N3O9.ClH/c1-17-15-40-23-14-32-13-20(22(34)5-3-18-2-4-19(29)12-21(18)30)25(35)26(24(32)27(36)33(17)23)41-16-42-28(37)39-11-8-31-6-9-38-10-7-31;/h2,4,12-13,17,23H,3,5-11,14-16H2,1H3;1H/t17-,23+;/m0./s1. The van der Waals surface area contributed by atoms with Gasteiger partial charge in [-0.1, -0.05) is 6.07 Å². The van der Waals surface area contributed by atoms with E-state index in [1.807, 2.05) is 0 Å². The maximum atomic E-state index is 14.1. The Kier molecular flexibility index (Phi) is 10.7. The number of morpholine rings is 1. The third kappa shape index (κ3) is 7.32. The van der Waals surface area contributed by atoms with Crippen molar-refractivity contribution in [2.75, 3.05) is 52.9 Å². The van der Waals surface area contributed by atoms with Gasteiger partial charge in [0.15, 0.2) is 17.7 Å². The van der Waals surface area contributed by atoms with Crippen LogP contribution in [0, 0.1) is 11.6 Å². The number of ketones is 1. The number of nitrogens with zero attached hydrogens (tertiary/aromatic N) is 3. The van der Waals surface area contributed by atoms with Crippen LogP contribution < -0.4 is 10.2 Å². The highest BCUT2D eigenvalue weighted by atomic mass is 35.5. The Bertz CT molecular complexity index is 1420. The van der Waals surface area contributed by atoms with Crippen LogP contribution in [0.2, 0.25) is 0 Å². The number of carbonyl (C=O) groups is 3. The summed E-state index contributed by atoms with van der Waals surface area (Å²) < 4.78 is 55.3. The highest BCUT2D eigenvalue weighted by molar-refractivity contribution is 6.00. The number of aromatic nitrogens is 1. The minimum Gasteiger partial charge on any atom is -0.451 e. The molecule has 15 heteroatoms. The number of amides is 1. The first kappa shape index (κ1) is 32.3. The molecule has 43 heavy (non-hydrogen) atoms. The molecule has 0 aliphatic carbocycles. The van der Waals surface area contributed by atoms with E-state index in [-0.39, 0.29) is 61.3 Å². The predicted molar refractivity (Wildman–Crippen MR) is 148 cm³/mol. The van der Waals surface area contributed by atoms with Gasteiger partial charge in [0.2, 0.25) is 18.0 Å². The number of rotatable bonds is 10. The number of hydrogen-bond acceptors (Lipinski definition) is 10. The van der Waals surface area contributed by atoms with Crippen molar-refractivity contribution in [1.29, 1.82) is 0 Å². The number of pyridine rings is 1. The van der Waals surface area contributed by atoms with Crippen molar-refractivity contribution >= 4 is 30.3 Å². The Balaban J connectivity index is 0.00000423. The maximum absolute atomic E-state index is 14.1. The van der Waals surface area contributed by atoms with E-state index in [4.69, 9.17) is 23.7 Å². The molecule has 1 amide bonds. The number of carbonyl (C=O) groups excluding carboxylic acids is 3. The molecule has 5 rings (SSSR count). The fourth-order valence-corrected chi connectivity index (χ4v) is 5.16. The molecule has 0 unspecified atom stereocenters. The van der Waals surface area contributed by atoms with Crippen LogP contribution in [0.5, 0.6) is 5.75 Å². The lowest BCUT2D eigenvalue weighted by Crippen LogP contribution is -2.49. The lowest BCUT2D eigenvalue weighted by atomic mass is 10.0. The van der Waals surface area contributed by atoms with Crippen LogP contribution in [-0.2, 0) is 31.9 Å². The van der Waals surface area contributed by atoms with Crippen molar-refractivity contribution in [2.24, 2.45) is 0 Å². The van der Waals surface area contributed by atoms with Crippen LogP contribution in [0.4, 0.5) is 13.6 Å². The zero-order chi connectivity index (χ0) is 29.8. The van der Waals surface area contributed by atoms with Crippen LogP contribution in [0.15, 0.2) is 29.2 Å². The van der Waals surface area contributed by atoms with Gasteiger partial charge in [0.05, 0.1) is 38.0 Å². The number of benzene rings is 1. The fraction of sp³-hybridized carbons (Fsp3) is 0.500. The van der Waals surface area contributed by atoms with E-state index in [2.05, 4.69) is 4.90 Å². The van der Waals surface area contributed by atoms with E-state index in [1.54, 1.807) is 6.92 Å². The minimum atomic E-state index is -1.03.